The lowest BCUT2D eigenvalue weighted by molar-refractivity contribution is -0.128. The van der Waals surface area contributed by atoms with Crippen LogP contribution in [0.25, 0.3) is 0 Å². The number of nitrogens with one attached hydrogen (secondary N) is 2. The first-order valence-electron chi connectivity index (χ1n) is 10.7. The number of ether oxygens (including phenoxy) is 1. The van der Waals surface area contributed by atoms with Crippen LogP contribution in [0, 0.1) is 6.92 Å². The fourth-order valence-corrected chi connectivity index (χ4v) is 3.43. The Bertz CT molecular complexity index is 836. The highest BCUT2D eigenvalue weighted by Gasteiger charge is 2.19. The summed E-state index contributed by atoms with van der Waals surface area (Å²) in [7, 11) is 0. The third-order valence-corrected chi connectivity index (χ3v) is 5.14. The minimum atomic E-state index is -0.172. The van der Waals surface area contributed by atoms with Gasteiger partial charge in [0, 0.05) is 32.6 Å². The second-order valence-corrected chi connectivity index (χ2v) is 7.72. The zero-order valence-corrected chi connectivity index (χ0v) is 17.7. The van der Waals surface area contributed by atoms with Crippen molar-refractivity contribution in [2.75, 3.05) is 19.7 Å². The van der Waals surface area contributed by atoms with Gasteiger partial charge < -0.3 is 20.3 Å². The molecule has 0 atom stereocenters. The first-order chi connectivity index (χ1) is 14.6. The number of unbranched alkanes of at least 4 members (excludes halogenated alkanes) is 1. The Hall–Kier alpha value is -3.02. The Morgan fingerprint density at radius 3 is 2.63 bits per heavy atom. The molecule has 0 bridgehead atoms. The van der Waals surface area contributed by atoms with Gasteiger partial charge in [0.05, 0.1) is 6.61 Å². The number of benzene rings is 2. The average Bonchev–Trinajstić information content (AvgIpc) is 3.15. The molecule has 3 amide bonds. The van der Waals surface area contributed by atoms with Crippen LogP contribution in [0.5, 0.6) is 5.75 Å². The van der Waals surface area contributed by atoms with Crippen LogP contribution in [0.4, 0.5) is 4.79 Å². The van der Waals surface area contributed by atoms with Gasteiger partial charge in [0.2, 0.25) is 5.91 Å². The smallest absolute Gasteiger partial charge is 0.315 e. The molecule has 0 aliphatic carbocycles. The maximum Gasteiger partial charge on any atom is 0.315 e. The third-order valence-electron chi connectivity index (χ3n) is 5.14. The molecule has 1 aliphatic rings. The molecule has 2 aromatic carbocycles. The Morgan fingerprint density at radius 2 is 1.87 bits per heavy atom. The molecule has 1 saturated heterocycles. The number of amides is 3. The van der Waals surface area contributed by atoms with E-state index in [9.17, 15) is 9.59 Å². The van der Waals surface area contributed by atoms with Crippen LogP contribution in [0.15, 0.2) is 48.5 Å². The molecule has 3 rings (SSSR count). The molecule has 160 valence electrons. The molecule has 1 heterocycles. The number of rotatable bonds is 10. The predicted molar refractivity (Wildman–Crippen MR) is 117 cm³/mol. The molecule has 6 nitrogen and oxygen atoms in total. The lowest BCUT2D eigenvalue weighted by Crippen LogP contribution is -2.35. The molecule has 0 spiro atoms. The predicted octanol–water partition coefficient (Wildman–Crippen LogP) is 3.78. The van der Waals surface area contributed by atoms with Crippen molar-refractivity contribution in [2.45, 2.75) is 45.7 Å². The van der Waals surface area contributed by atoms with Crippen LogP contribution in [-0.2, 0) is 17.9 Å². The van der Waals surface area contributed by atoms with E-state index in [1.807, 2.05) is 60.4 Å². The molecule has 1 fully saturated rings. The molecular formula is C24H31N3O3. The molecule has 30 heavy (non-hydrogen) atoms. The largest absolute Gasteiger partial charge is 0.494 e. The zero-order valence-electron chi connectivity index (χ0n) is 17.7. The summed E-state index contributed by atoms with van der Waals surface area (Å²) in [5.41, 5.74) is 3.34. The molecule has 1 aliphatic heterocycles. The van der Waals surface area contributed by atoms with Crippen molar-refractivity contribution < 1.29 is 14.3 Å². The summed E-state index contributed by atoms with van der Waals surface area (Å²) in [5, 5.41) is 5.77. The minimum Gasteiger partial charge on any atom is -0.494 e. The van der Waals surface area contributed by atoms with Gasteiger partial charge in [0.25, 0.3) is 0 Å². The molecular weight excluding hydrogens is 378 g/mol. The van der Waals surface area contributed by atoms with E-state index in [0.717, 1.165) is 42.7 Å². The highest BCUT2D eigenvalue weighted by Crippen LogP contribution is 2.15. The van der Waals surface area contributed by atoms with Gasteiger partial charge in [-0.05, 0) is 49.4 Å². The van der Waals surface area contributed by atoms with Gasteiger partial charge in [-0.15, -0.1) is 0 Å². The van der Waals surface area contributed by atoms with Crippen molar-refractivity contribution in [3.63, 3.8) is 0 Å². The standard InChI is InChI=1S/C24H31N3O3/c1-19-9-11-22(12-10-19)30-15-3-2-13-25-24(29)26-17-20-6-4-7-21(16-20)18-27-14-5-8-23(27)28/h4,6-7,9-12,16H,2-3,5,8,13-15,17-18H2,1H3,(H2,25,26,29). The van der Waals surface area contributed by atoms with Crippen LogP contribution in [0.2, 0.25) is 0 Å². The highest BCUT2D eigenvalue weighted by molar-refractivity contribution is 5.78. The minimum absolute atomic E-state index is 0.172. The molecule has 0 saturated carbocycles. The van der Waals surface area contributed by atoms with Crippen molar-refractivity contribution in [3.8, 4) is 5.75 Å². The van der Waals surface area contributed by atoms with Crippen molar-refractivity contribution >= 4 is 11.9 Å². The normalized spacial score (nSPS) is 13.4. The highest BCUT2D eigenvalue weighted by atomic mass is 16.5. The molecule has 2 N–H and O–H groups in total. The quantitative estimate of drug-likeness (QED) is 0.587. The number of carbonyl (C=O) groups excluding carboxylic acids is 2. The maximum atomic E-state index is 12.0. The lowest BCUT2D eigenvalue weighted by Gasteiger charge is -2.16. The van der Waals surface area contributed by atoms with Crippen LogP contribution < -0.4 is 15.4 Å². The Labute approximate surface area is 178 Å². The Balaban J connectivity index is 1.28. The summed E-state index contributed by atoms with van der Waals surface area (Å²) in [6, 6.07) is 15.9. The molecule has 0 unspecified atom stereocenters. The number of carbonyl (C=O) groups is 2. The van der Waals surface area contributed by atoms with E-state index in [-0.39, 0.29) is 11.9 Å². The van der Waals surface area contributed by atoms with Crippen molar-refractivity contribution in [1.29, 1.82) is 0 Å². The van der Waals surface area contributed by atoms with Gasteiger partial charge in [-0.1, -0.05) is 42.0 Å². The van der Waals surface area contributed by atoms with Gasteiger partial charge in [-0.3, -0.25) is 4.79 Å². The van der Waals surface area contributed by atoms with Crippen LogP contribution >= 0.6 is 0 Å². The van der Waals surface area contributed by atoms with E-state index in [1.54, 1.807) is 0 Å². The molecule has 0 aromatic heterocycles. The summed E-state index contributed by atoms with van der Waals surface area (Å²) in [6.45, 7) is 5.24. The molecule has 6 heteroatoms. The number of likely N-dealkylation sites (tertiary alicyclic amines) is 1. The molecule has 2 aromatic rings. The fourth-order valence-electron chi connectivity index (χ4n) is 3.43. The zero-order chi connectivity index (χ0) is 21.2. The number of hydrogen-bond donors (Lipinski definition) is 2. The summed E-state index contributed by atoms with van der Waals surface area (Å²) in [4.78, 5) is 25.7. The number of nitrogens with zero attached hydrogens (tertiary/aromatic N) is 1. The number of aryl methyl sites for hydroxylation is 1. The summed E-state index contributed by atoms with van der Waals surface area (Å²) < 4.78 is 5.69. The second kappa shape index (κ2) is 11.2. The maximum absolute atomic E-state index is 12.0. The monoisotopic (exact) mass is 409 g/mol. The van der Waals surface area contributed by atoms with Gasteiger partial charge in [0.15, 0.2) is 0 Å². The van der Waals surface area contributed by atoms with E-state index in [1.165, 1.54) is 5.56 Å². The van der Waals surface area contributed by atoms with E-state index in [2.05, 4.69) is 10.6 Å². The fraction of sp³-hybridized carbons (Fsp3) is 0.417. The van der Waals surface area contributed by atoms with Crippen molar-refractivity contribution in [3.05, 3.63) is 65.2 Å². The third kappa shape index (κ3) is 7.10. The van der Waals surface area contributed by atoms with Gasteiger partial charge in [-0.25, -0.2) is 4.79 Å². The second-order valence-electron chi connectivity index (χ2n) is 7.72. The van der Waals surface area contributed by atoms with Crippen molar-refractivity contribution in [2.24, 2.45) is 0 Å². The first-order valence-corrected chi connectivity index (χ1v) is 10.7. The SMILES string of the molecule is Cc1ccc(OCCCCNC(=O)NCc2cccc(CN3CCCC3=O)c2)cc1. The van der Waals surface area contributed by atoms with Crippen LogP contribution in [-0.4, -0.2) is 36.5 Å². The van der Waals surface area contributed by atoms with E-state index < -0.39 is 0 Å². The molecule has 0 radical (unpaired) electrons. The first kappa shape index (κ1) is 21.7. The van der Waals surface area contributed by atoms with E-state index in [0.29, 0.717) is 32.7 Å². The topological polar surface area (TPSA) is 70.7 Å². The Kier molecular flexibility index (Phi) is 8.12. The number of urea groups is 1. The summed E-state index contributed by atoms with van der Waals surface area (Å²) in [6.07, 6.45) is 3.34. The van der Waals surface area contributed by atoms with Gasteiger partial charge >= 0.3 is 6.03 Å². The van der Waals surface area contributed by atoms with Crippen LogP contribution in [0.1, 0.15) is 42.4 Å². The van der Waals surface area contributed by atoms with Crippen molar-refractivity contribution in [1.82, 2.24) is 15.5 Å². The Morgan fingerprint density at radius 1 is 1.07 bits per heavy atom. The van der Waals surface area contributed by atoms with E-state index in [4.69, 9.17) is 4.74 Å². The lowest BCUT2D eigenvalue weighted by atomic mass is 10.1. The summed E-state index contributed by atoms with van der Waals surface area (Å²) >= 11 is 0. The van der Waals surface area contributed by atoms with Gasteiger partial charge in [-0.2, -0.15) is 0 Å². The summed E-state index contributed by atoms with van der Waals surface area (Å²) in [5.74, 6) is 1.10. The number of hydrogen-bond acceptors (Lipinski definition) is 3. The van der Waals surface area contributed by atoms with Gasteiger partial charge in [0.1, 0.15) is 5.75 Å². The van der Waals surface area contributed by atoms with Crippen LogP contribution in [0.3, 0.4) is 0 Å². The average molecular weight is 410 g/mol. The van der Waals surface area contributed by atoms with E-state index >= 15 is 0 Å².